The number of carbonyl (C=O) groups excluding carboxylic acids is 2. The molecule has 0 radical (unpaired) electrons. The van der Waals surface area contributed by atoms with Crippen molar-refractivity contribution in [2.24, 2.45) is 5.92 Å². The third-order valence-electron chi connectivity index (χ3n) is 1.97. The van der Waals surface area contributed by atoms with Crippen LogP contribution in [0, 0.1) is 5.92 Å². The molecule has 0 heterocycles. The van der Waals surface area contributed by atoms with Crippen molar-refractivity contribution >= 4 is 11.7 Å². The van der Waals surface area contributed by atoms with E-state index in [1.54, 1.807) is 0 Å². The van der Waals surface area contributed by atoms with Gasteiger partial charge in [-0.2, -0.15) is 0 Å². The minimum Gasteiger partial charge on any atom is -0.348 e. The van der Waals surface area contributed by atoms with Gasteiger partial charge in [0, 0.05) is 6.04 Å². The molecule has 1 amide bonds. The van der Waals surface area contributed by atoms with Crippen LogP contribution in [0.1, 0.15) is 34.6 Å². The normalized spacial score (nSPS) is 13.0. The predicted octanol–water partition coefficient (Wildman–Crippen LogP) is 0.714. The van der Waals surface area contributed by atoms with Crippen LogP contribution in [-0.4, -0.2) is 30.3 Å². The first-order valence-electron chi connectivity index (χ1n) is 5.37. The molecule has 0 aromatic carbocycles. The summed E-state index contributed by atoms with van der Waals surface area (Å²) in [5.74, 6) is 0.0728. The molecule has 88 valence electrons. The fraction of sp³-hybridized carbons (Fsp3) is 0.818. The van der Waals surface area contributed by atoms with E-state index in [1.807, 2.05) is 27.7 Å². The minimum absolute atomic E-state index is 0.0320. The topological polar surface area (TPSA) is 58.2 Å². The highest BCUT2D eigenvalue weighted by Gasteiger charge is 2.22. The first-order chi connectivity index (χ1) is 6.84. The monoisotopic (exact) mass is 214 g/mol. The average Bonchev–Trinajstić information content (AvgIpc) is 2.09. The van der Waals surface area contributed by atoms with Crippen molar-refractivity contribution < 1.29 is 9.59 Å². The Kier molecular flexibility index (Phi) is 6.17. The molecule has 0 fully saturated rings. The number of hydrogen-bond donors (Lipinski definition) is 2. The lowest BCUT2D eigenvalue weighted by atomic mass is 10.0. The summed E-state index contributed by atoms with van der Waals surface area (Å²) < 4.78 is 0. The highest BCUT2D eigenvalue weighted by atomic mass is 16.2. The third-order valence-corrected chi connectivity index (χ3v) is 1.97. The molecule has 0 saturated heterocycles. The molecule has 0 spiro atoms. The molecular weight excluding hydrogens is 192 g/mol. The van der Waals surface area contributed by atoms with Crippen LogP contribution < -0.4 is 10.6 Å². The zero-order chi connectivity index (χ0) is 12.0. The molecule has 0 aliphatic carbocycles. The van der Waals surface area contributed by atoms with Crippen LogP contribution in [0.25, 0.3) is 0 Å². The maximum absolute atomic E-state index is 11.7. The molecule has 1 atom stereocenters. The van der Waals surface area contributed by atoms with E-state index in [4.69, 9.17) is 0 Å². The van der Waals surface area contributed by atoms with Gasteiger partial charge < -0.3 is 10.6 Å². The zero-order valence-electron chi connectivity index (χ0n) is 10.3. The summed E-state index contributed by atoms with van der Waals surface area (Å²) in [6.07, 6.45) is 0. The highest BCUT2D eigenvalue weighted by Crippen LogP contribution is 2.02. The molecule has 15 heavy (non-hydrogen) atoms. The summed E-state index contributed by atoms with van der Waals surface area (Å²) in [5.41, 5.74) is 0. The second kappa shape index (κ2) is 6.56. The van der Waals surface area contributed by atoms with Gasteiger partial charge in [0.15, 0.2) is 0 Å². The zero-order valence-corrected chi connectivity index (χ0v) is 10.3. The Morgan fingerprint density at radius 2 is 1.67 bits per heavy atom. The smallest absolute Gasteiger partial charge is 0.237 e. The van der Waals surface area contributed by atoms with Crippen LogP contribution in [0.2, 0.25) is 0 Å². The maximum atomic E-state index is 11.7. The molecular formula is C11H22N2O2. The van der Waals surface area contributed by atoms with Gasteiger partial charge in [-0.3, -0.25) is 9.59 Å². The van der Waals surface area contributed by atoms with Gasteiger partial charge in [0.1, 0.15) is 5.78 Å². The standard InChI is InChI=1S/C11H22N2O2/c1-7(2)10(13-8(3)4)11(15)12-6-9(5)14/h7-8,10,13H,6H2,1-5H3,(H,12,15). The van der Waals surface area contributed by atoms with Gasteiger partial charge in [-0.05, 0) is 12.8 Å². The van der Waals surface area contributed by atoms with Crippen LogP contribution in [0.15, 0.2) is 0 Å². The molecule has 0 aromatic heterocycles. The first kappa shape index (κ1) is 14.1. The molecule has 0 aliphatic heterocycles. The van der Waals surface area contributed by atoms with Gasteiger partial charge in [-0.15, -0.1) is 0 Å². The second-order valence-corrected chi connectivity index (χ2v) is 4.46. The number of rotatable bonds is 6. The van der Waals surface area contributed by atoms with Gasteiger partial charge in [0.05, 0.1) is 12.6 Å². The van der Waals surface area contributed by atoms with E-state index in [9.17, 15) is 9.59 Å². The Morgan fingerprint density at radius 1 is 1.13 bits per heavy atom. The quantitative estimate of drug-likeness (QED) is 0.685. The van der Waals surface area contributed by atoms with Gasteiger partial charge in [-0.1, -0.05) is 27.7 Å². The first-order valence-corrected chi connectivity index (χ1v) is 5.37. The average molecular weight is 214 g/mol. The minimum atomic E-state index is -0.232. The summed E-state index contributed by atoms with van der Waals surface area (Å²) in [6, 6.07) is 0.0184. The number of nitrogens with one attached hydrogen (secondary N) is 2. The van der Waals surface area contributed by atoms with Gasteiger partial charge in [-0.25, -0.2) is 0 Å². The van der Waals surface area contributed by atoms with Gasteiger partial charge in [0.25, 0.3) is 0 Å². The molecule has 0 saturated carbocycles. The number of carbonyl (C=O) groups is 2. The lowest BCUT2D eigenvalue weighted by Gasteiger charge is -2.23. The molecule has 0 rings (SSSR count). The molecule has 4 nitrogen and oxygen atoms in total. The summed E-state index contributed by atoms with van der Waals surface area (Å²) >= 11 is 0. The van der Waals surface area contributed by atoms with Crippen molar-refractivity contribution in [2.45, 2.75) is 46.7 Å². The van der Waals surface area contributed by atoms with Crippen molar-refractivity contribution in [3.05, 3.63) is 0 Å². The van der Waals surface area contributed by atoms with E-state index in [2.05, 4.69) is 10.6 Å². The van der Waals surface area contributed by atoms with Crippen LogP contribution in [-0.2, 0) is 9.59 Å². The number of amides is 1. The Labute approximate surface area is 91.8 Å². The fourth-order valence-electron chi connectivity index (χ4n) is 1.25. The largest absolute Gasteiger partial charge is 0.348 e. The SMILES string of the molecule is CC(=O)CNC(=O)C(NC(C)C)C(C)C. The number of ketones is 1. The Morgan fingerprint density at radius 3 is 2.00 bits per heavy atom. The second-order valence-electron chi connectivity index (χ2n) is 4.46. The van der Waals surface area contributed by atoms with Crippen LogP contribution in [0.3, 0.4) is 0 Å². The van der Waals surface area contributed by atoms with E-state index < -0.39 is 0 Å². The molecule has 0 aromatic rings. The Balaban J connectivity index is 4.23. The summed E-state index contributed by atoms with van der Waals surface area (Å²) in [5, 5.41) is 5.80. The molecule has 2 N–H and O–H groups in total. The Hall–Kier alpha value is -0.900. The molecule has 1 unspecified atom stereocenters. The van der Waals surface area contributed by atoms with Crippen LogP contribution in [0.4, 0.5) is 0 Å². The third kappa shape index (κ3) is 6.23. The molecule has 4 heteroatoms. The summed E-state index contributed by atoms with van der Waals surface area (Å²) in [4.78, 5) is 22.4. The van der Waals surface area contributed by atoms with Gasteiger partial charge in [0.2, 0.25) is 5.91 Å². The predicted molar refractivity (Wildman–Crippen MR) is 60.6 cm³/mol. The van der Waals surface area contributed by atoms with Crippen LogP contribution in [0.5, 0.6) is 0 Å². The van der Waals surface area contributed by atoms with Crippen molar-refractivity contribution in [1.82, 2.24) is 10.6 Å². The molecule has 0 bridgehead atoms. The van der Waals surface area contributed by atoms with Gasteiger partial charge >= 0.3 is 0 Å². The fourth-order valence-corrected chi connectivity index (χ4v) is 1.25. The summed E-state index contributed by atoms with van der Waals surface area (Å²) in [6.45, 7) is 9.52. The number of hydrogen-bond acceptors (Lipinski definition) is 3. The van der Waals surface area contributed by atoms with Crippen molar-refractivity contribution in [3.63, 3.8) is 0 Å². The van der Waals surface area contributed by atoms with E-state index in [-0.39, 0.29) is 36.2 Å². The highest BCUT2D eigenvalue weighted by molar-refractivity contribution is 5.87. The lowest BCUT2D eigenvalue weighted by molar-refractivity contribution is -0.126. The van der Waals surface area contributed by atoms with E-state index in [1.165, 1.54) is 6.92 Å². The van der Waals surface area contributed by atoms with E-state index >= 15 is 0 Å². The maximum Gasteiger partial charge on any atom is 0.237 e. The van der Waals surface area contributed by atoms with Crippen LogP contribution >= 0.6 is 0 Å². The van der Waals surface area contributed by atoms with E-state index in [0.29, 0.717) is 0 Å². The molecule has 0 aliphatic rings. The van der Waals surface area contributed by atoms with E-state index in [0.717, 1.165) is 0 Å². The van der Waals surface area contributed by atoms with Crippen molar-refractivity contribution in [1.29, 1.82) is 0 Å². The Bertz CT molecular complexity index is 225. The summed E-state index contributed by atoms with van der Waals surface area (Å²) in [7, 11) is 0. The number of Topliss-reactive ketones (excluding diaryl/α,β-unsaturated/α-hetero) is 1. The van der Waals surface area contributed by atoms with Crippen molar-refractivity contribution in [3.8, 4) is 0 Å². The lowest BCUT2D eigenvalue weighted by Crippen LogP contribution is -2.50. The van der Waals surface area contributed by atoms with Crippen molar-refractivity contribution in [2.75, 3.05) is 6.54 Å².